The summed E-state index contributed by atoms with van der Waals surface area (Å²) < 4.78 is 0. The number of carboxylic acid groups (broad SMARTS) is 1. The van der Waals surface area contributed by atoms with Gasteiger partial charge >= 0.3 is 5.97 Å². The second kappa shape index (κ2) is 11.4. The number of nitrogens with zero attached hydrogens (tertiary/aromatic N) is 5. The van der Waals surface area contributed by atoms with Crippen molar-refractivity contribution in [3.8, 4) is 0 Å². The third-order valence-electron chi connectivity index (χ3n) is 6.78. The van der Waals surface area contributed by atoms with Gasteiger partial charge in [0.2, 0.25) is 0 Å². The maximum absolute atomic E-state index is 12.1. The second-order valence-electron chi connectivity index (χ2n) is 9.71. The predicted octanol–water partition coefficient (Wildman–Crippen LogP) is 4.74. The molecule has 3 aromatic rings. The lowest BCUT2D eigenvalue weighted by Gasteiger charge is -2.32. The van der Waals surface area contributed by atoms with Gasteiger partial charge in [0.05, 0.1) is 6.54 Å². The zero-order chi connectivity index (χ0) is 24.8. The monoisotopic (exact) mass is 476 g/mol. The van der Waals surface area contributed by atoms with Crippen LogP contribution in [0.1, 0.15) is 62.5 Å². The van der Waals surface area contributed by atoms with Crippen molar-refractivity contribution >= 4 is 17.3 Å². The van der Waals surface area contributed by atoms with Crippen LogP contribution in [-0.4, -0.2) is 49.2 Å². The fraction of sp³-hybridized carbons (Fsp3) is 0.481. The number of tetrazole rings is 1. The van der Waals surface area contributed by atoms with Gasteiger partial charge in [0.25, 0.3) is 0 Å². The molecule has 1 atom stereocenters. The average molecular weight is 477 g/mol. The maximum atomic E-state index is 12.1. The Balaban J connectivity index is 1.65. The van der Waals surface area contributed by atoms with Crippen LogP contribution in [0.2, 0.25) is 0 Å². The van der Waals surface area contributed by atoms with Crippen LogP contribution in [0.25, 0.3) is 0 Å². The molecule has 2 N–H and O–H groups in total. The zero-order valence-corrected chi connectivity index (χ0v) is 20.9. The number of rotatable bonds is 11. The van der Waals surface area contributed by atoms with Gasteiger partial charge in [-0.2, -0.15) is 5.21 Å². The Morgan fingerprint density at radius 1 is 1.11 bits per heavy atom. The van der Waals surface area contributed by atoms with Crippen molar-refractivity contribution in [1.29, 1.82) is 0 Å². The fourth-order valence-electron chi connectivity index (χ4n) is 5.13. The van der Waals surface area contributed by atoms with E-state index in [4.69, 9.17) is 0 Å². The molecule has 8 nitrogen and oxygen atoms in total. The van der Waals surface area contributed by atoms with Crippen molar-refractivity contribution in [3.63, 3.8) is 0 Å². The number of carbonyl (C=O) groups is 1. The van der Waals surface area contributed by atoms with E-state index in [1.807, 2.05) is 13.8 Å². The standard InChI is InChI=1S/C27H36N6O2/c1-4-5-8-15-32(26(19(2)3)27(34)35)17-20-11-14-24-22(16-20)13-12-21-9-6-7-10-23(21)33(24)18-25-28-30-31-29-25/h6-7,9-11,14,16,19,26H,4-5,8,12-13,15,17-18H2,1-3H3,(H,34,35)(H,28,29,30,31)/t26-/m0/s1. The molecule has 186 valence electrons. The number of unbranched alkanes of at least 4 members (excludes halogenated alkanes) is 2. The molecule has 0 saturated heterocycles. The number of anilines is 2. The van der Waals surface area contributed by atoms with E-state index in [9.17, 15) is 9.90 Å². The largest absolute Gasteiger partial charge is 0.480 e. The van der Waals surface area contributed by atoms with Crippen molar-refractivity contribution in [2.24, 2.45) is 5.92 Å². The van der Waals surface area contributed by atoms with Crippen molar-refractivity contribution in [2.45, 2.75) is 72.0 Å². The Kier molecular flexibility index (Phi) is 8.13. The minimum absolute atomic E-state index is 0.0369. The SMILES string of the molecule is CCCCCN(Cc1ccc2c(c1)CCc1ccccc1N2Cc1nn[nH]n1)[C@H](C(=O)O)C(C)C. The molecule has 0 fully saturated rings. The Bertz CT molecular complexity index is 1110. The van der Waals surface area contributed by atoms with Gasteiger partial charge in [-0.25, -0.2) is 0 Å². The first-order valence-corrected chi connectivity index (χ1v) is 12.6. The van der Waals surface area contributed by atoms with E-state index in [2.05, 4.69) is 79.8 Å². The number of benzene rings is 2. The summed E-state index contributed by atoms with van der Waals surface area (Å²) in [5.41, 5.74) is 6.00. The number of hydrogen-bond acceptors (Lipinski definition) is 6. The van der Waals surface area contributed by atoms with Crippen LogP contribution in [0.4, 0.5) is 11.4 Å². The molecular formula is C27H36N6O2. The van der Waals surface area contributed by atoms with Crippen LogP contribution >= 0.6 is 0 Å². The van der Waals surface area contributed by atoms with Crippen LogP contribution in [0.15, 0.2) is 42.5 Å². The summed E-state index contributed by atoms with van der Waals surface area (Å²) in [6, 6.07) is 14.5. The van der Waals surface area contributed by atoms with Gasteiger partial charge in [-0.05, 0) is 60.5 Å². The molecule has 0 amide bonds. The first-order valence-electron chi connectivity index (χ1n) is 12.6. The number of H-pyrrole nitrogens is 1. The van der Waals surface area contributed by atoms with E-state index in [1.165, 1.54) is 11.1 Å². The molecule has 1 aliphatic heterocycles. The zero-order valence-electron chi connectivity index (χ0n) is 20.9. The van der Waals surface area contributed by atoms with Gasteiger partial charge < -0.3 is 10.0 Å². The predicted molar refractivity (Wildman–Crippen MR) is 137 cm³/mol. The molecule has 0 aliphatic carbocycles. The summed E-state index contributed by atoms with van der Waals surface area (Å²) in [5.74, 6) is -0.0667. The van der Waals surface area contributed by atoms with Crippen LogP contribution in [0.5, 0.6) is 0 Å². The molecular weight excluding hydrogens is 440 g/mol. The molecule has 8 heteroatoms. The van der Waals surface area contributed by atoms with E-state index < -0.39 is 12.0 Å². The molecule has 35 heavy (non-hydrogen) atoms. The van der Waals surface area contributed by atoms with Crippen LogP contribution in [-0.2, 0) is 30.7 Å². The van der Waals surface area contributed by atoms with Crippen LogP contribution in [0, 0.1) is 5.92 Å². The van der Waals surface area contributed by atoms with Crippen molar-refractivity contribution in [2.75, 3.05) is 11.4 Å². The van der Waals surface area contributed by atoms with Crippen LogP contribution in [0.3, 0.4) is 0 Å². The number of carboxylic acids is 1. The minimum Gasteiger partial charge on any atom is -0.480 e. The third kappa shape index (κ3) is 5.88. The lowest BCUT2D eigenvalue weighted by Crippen LogP contribution is -2.44. The average Bonchev–Trinajstić information content (AvgIpc) is 3.29. The summed E-state index contributed by atoms with van der Waals surface area (Å²) in [6.45, 7) is 8.11. The number of aryl methyl sites for hydroxylation is 2. The Morgan fingerprint density at radius 2 is 1.89 bits per heavy atom. The molecule has 4 rings (SSSR count). The first kappa shape index (κ1) is 24.9. The third-order valence-corrected chi connectivity index (χ3v) is 6.78. The van der Waals surface area contributed by atoms with Gasteiger partial charge in [-0.15, -0.1) is 10.2 Å². The molecule has 2 heterocycles. The molecule has 0 radical (unpaired) electrons. The number of aromatic nitrogens is 4. The highest BCUT2D eigenvalue weighted by Gasteiger charge is 2.29. The lowest BCUT2D eigenvalue weighted by atomic mass is 9.99. The minimum atomic E-state index is -0.743. The highest BCUT2D eigenvalue weighted by atomic mass is 16.4. The highest BCUT2D eigenvalue weighted by Crippen LogP contribution is 2.37. The quantitative estimate of drug-likeness (QED) is 0.386. The maximum Gasteiger partial charge on any atom is 0.321 e. The molecule has 0 bridgehead atoms. The number of aromatic amines is 1. The Hall–Kier alpha value is -3.26. The smallest absolute Gasteiger partial charge is 0.321 e. The van der Waals surface area contributed by atoms with E-state index >= 15 is 0 Å². The van der Waals surface area contributed by atoms with Crippen molar-refractivity contribution in [1.82, 2.24) is 25.5 Å². The van der Waals surface area contributed by atoms with Gasteiger partial charge in [0.1, 0.15) is 6.04 Å². The van der Waals surface area contributed by atoms with E-state index in [-0.39, 0.29) is 5.92 Å². The second-order valence-corrected chi connectivity index (χ2v) is 9.71. The summed E-state index contributed by atoms with van der Waals surface area (Å²) in [7, 11) is 0. The molecule has 1 aliphatic rings. The van der Waals surface area contributed by atoms with Gasteiger partial charge in [0.15, 0.2) is 5.82 Å². The van der Waals surface area contributed by atoms with Gasteiger partial charge in [-0.3, -0.25) is 9.69 Å². The molecule has 0 saturated carbocycles. The molecule has 2 aromatic carbocycles. The van der Waals surface area contributed by atoms with E-state index in [0.29, 0.717) is 18.9 Å². The number of para-hydroxylation sites is 1. The van der Waals surface area contributed by atoms with E-state index in [0.717, 1.165) is 55.6 Å². The van der Waals surface area contributed by atoms with Crippen LogP contribution < -0.4 is 4.90 Å². The lowest BCUT2D eigenvalue weighted by molar-refractivity contribution is -0.145. The topological polar surface area (TPSA) is 98.2 Å². The summed E-state index contributed by atoms with van der Waals surface area (Å²) in [4.78, 5) is 16.5. The van der Waals surface area contributed by atoms with Gasteiger partial charge in [-0.1, -0.05) is 69.2 Å². The highest BCUT2D eigenvalue weighted by molar-refractivity contribution is 5.74. The number of aliphatic carboxylic acids is 1. The summed E-state index contributed by atoms with van der Waals surface area (Å²) >= 11 is 0. The summed E-state index contributed by atoms with van der Waals surface area (Å²) in [5, 5.41) is 24.6. The van der Waals surface area contributed by atoms with Crippen molar-refractivity contribution < 1.29 is 9.90 Å². The fourth-order valence-corrected chi connectivity index (χ4v) is 5.13. The van der Waals surface area contributed by atoms with E-state index in [1.54, 1.807) is 0 Å². The molecule has 1 aromatic heterocycles. The first-order chi connectivity index (χ1) is 17.0. The number of nitrogens with one attached hydrogen (secondary N) is 1. The molecule has 0 unspecified atom stereocenters. The molecule has 0 spiro atoms. The normalized spacial score (nSPS) is 14.0. The Morgan fingerprint density at radius 3 is 2.60 bits per heavy atom. The van der Waals surface area contributed by atoms with Crippen molar-refractivity contribution in [3.05, 3.63) is 65.0 Å². The number of fused-ring (bicyclic) bond motifs is 2. The number of hydrogen-bond donors (Lipinski definition) is 2. The Labute approximate surface area is 207 Å². The van der Waals surface area contributed by atoms with Gasteiger partial charge in [0, 0.05) is 17.9 Å². The summed E-state index contributed by atoms with van der Waals surface area (Å²) in [6.07, 6.45) is 5.09.